The standard InChI is InChI=1S/C18H17ClF2N2O2S/c1-23(9-14-15(19)3-2-4-16(14)21)18(25)11-26-10-17(24)22-13-7-5-12(20)6-8-13/h2-8H,9-11H2,1H3,(H,22,24). The van der Waals surface area contributed by atoms with Crippen molar-refractivity contribution in [3.05, 3.63) is 64.7 Å². The summed E-state index contributed by atoms with van der Waals surface area (Å²) >= 11 is 7.09. The third kappa shape index (κ3) is 6.00. The van der Waals surface area contributed by atoms with Gasteiger partial charge in [0.05, 0.1) is 11.5 Å². The van der Waals surface area contributed by atoms with Gasteiger partial charge >= 0.3 is 0 Å². The average molecular weight is 399 g/mol. The minimum absolute atomic E-state index is 0.0483. The number of nitrogens with zero attached hydrogens (tertiary/aromatic N) is 1. The van der Waals surface area contributed by atoms with Crippen LogP contribution < -0.4 is 5.32 Å². The summed E-state index contributed by atoms with van der Waals surface area (Å²) in [6, 6.07) is 9.74. The van der Waals surface area contributed by atoms with Gasteiger partial charge in [-0.2, -0.15) is 0 Å². The number of hydrogen-bond donors (Lipinski definition) is 1. The van der Waals surface area contributed by atoms with Crippen molar-refractivity contribution in [2.24, 2.45) is 0 Å². The normalized spacial score (nSPS) is 10.5. The third-order valence-corrected chi connectivity index (χ3v) is 4.74. The van der Waals surface area contributed by atoms with Crippen LogP contribution >= 0.6 is 23.4 Å². The molecule has 0 saturated carbocycles. The summed E-state index contributed by atoms with van der Waals surface area (Å²) in [5.41, 5.74) is 0.735. The largest absolute Gasteiger partial charge is 0.341 e. The van der Waals surface area contributed by atoms with E-state index in [9.17, 15) is 18.4 Å². The van der Waals surface area contributed by atoms with Gasteiger partial charge in [0.2, 0.25) is 11.8 Å². The fourth-order valence-electron chi connectivity index (χ4n) is 2.08. The molecule has 2 aromatic rings. The molecule has 0 fully saturated rings. The average Bonchev–Trinajstić information content (AvgIpc) is 2.60. The second-order valence-corrected chi connectivity index (χ2v) is 6.89. The van der Waals surface area contributed by atoms with Crippen LogP contribution in [0.2, 0.25) is 5.02 Å². The molecular weight excluding hydrogens is 382 g/mol. The summed E-state index contributed by atoms with van der Waals surface area (Å²) in [5.74, 6) is -1.26. The summed E-state index contributed by atoms with van der Waals surface area (Å²) in [7, 11) is 1.55. The van der Waals surface area contributed by atoms with Crippen LogP contribution in [0.15, 0.2) is 42.5 Å². The maximum atomic E-state index is 13.8. The van der Waals surface area contributed by atoms with Crippen molar-refractivity contribution in [1.82, 2.24) is 4.90 Å². The van der Waals surface area contributed by atoms with Gasteiger partial charge in [-0.15, -0.1) is 11.8 Å². The van der Waals surface area contributed by atoms with Crippen LogP contribution in [0, 0.1) is 11.6 Å². The highest BCUT2D eigenvalue weighted by molar-refractivity contribution is 8.00. The van der Waals surface area contributed by atoms with E-state index in [0.717, 1.165) is 11.8 Å². The smallest absolute Gasteiger partial charge is 0.234 e. The first-order valence-corrected chi connectivity index (χ1v) is 9.20. The number of benzene rings is 2. The molecule has 0 heterocycles. The van der Waals surface area contributed by atoms with Crippen molar-refractivity contribution >= 4 is 40.9 Å². The van der Waals surface area contributed by atoms with Crippen molar-refractivity contribution in [2.75, 3.05) is 23.9 Å². The number of carbonyl (C=O) groups excluding carboxylic acids is 2. The summed E-state index contributed by atoms with van der Waals surface area (Å²) in [5, 5.41) is 2.87. The Labute approximate surface area is 159 Å². The lowest BCUT2D eigenvalue weighted by atomic mass is 10.2. The number of nitrogens with one attached hydrogen (secondary N) is 1. The van der Waals surface area contributed by atoms with Crippen molar-refractivity contribution in [3.8, 4) is 0 Å². The second kappa shape index (κ2) is 9.54. The molecule has 1 N–H and O–H groups in total. The molecule has 0 spiro atoms. The van der Waals surface area contributed by atoms with Gasteiger partial charge in [-0.25, -0.2) is 8.78 Å². The Balaban J connectivity index is 1.77. The molecule has 0 bridgehead atoms. The van der Waals surface area contributed by atoms with Gasteiger partial charge in [0.1, 0.15) is 11.6 Å². The molecule has 2 aromatic carbocycles. The highest BCUT2D eigenvalue weighted by Gasteiger charge is 2.15. The van der Waals surface area contributed by atoms with Gasteiger partial charge in [0.25, 0.3) is 0 Å². The third-order valence-electron chi connectivity index (χ3n) is 3.47. The van der Waals surface area contributed by atoms with Crippen molar-refractivity contribution < 1.29 is 18.4 Å². The second-order valence-electron chi connectivity index (χ2n) is 5.50. The molecule has 26 heavy (non-hydrogen) atoms. The summed E-state index contributed by atoms with van der Waals surface area (Å²) in [6.07, 6.45) is 0. The summed E-state index contributed by atoms with van der Waals surface area (Å²) < 4.78 is 26.6. The van der Waals surface area contributed by atoms with Crippen LogP contribution in [-0.2, 0) is 16.1 Å². The first-order chi connectivity index (χ1) is 12.4. The highest BCUT2D eigenvalue weighted by Crippen LogP contribution is 2.20. The van der Waals surface area contributed by atoms with Crippen molar-refractivity contribution in [1.29, 1.82) is 0 Å². The molecule has 0 atom stereocenters. The zero-order valence-electron chi connectivity index (χ0n) is 14.0. The Kier molecular flexibility index (Phi) is 7.41. The quantitative estimate of drug-likeness (QED) is 0.768. The van der Waals surface area contributed by atoms with E-state index >= 15 is 0 Å². The van der Waals surface area contributed by atoms with Crippen LogP contribution in [0.3, 0.4) is 0 Å². The molecule has 0 saturated heterocycles. The molecule has 0 unspecified atom stereocenters. The molecule has 138 valence electrons. The van der Waals surface area contributed by atoms with Crippen molar-refractivity contribution in [2.45, 2.75) is 6.54 Å². The number of rotatable bonds is 7. The maximum Gasteiger partial charge on any atom is 0.234 e. The Morgan fingerprint density at radius 2 is 1.81 bits per heavy atom. The lowest BCUT2D eigenvalue weighted by molar-refractivity contribution is -0.127. The number of thioether (sulfide) groups is 1. The van der Waals surface area contributed by atoms with E-state index in [1.165, 1.54) is 41.3 Å². The topological polar surface area (TPSA) is 49.4 Å². The van der Waals surface area contributed by atoms with E-state index in [1.54, 1.807) is 13.1 Å². The van der Waals surface area contributed by atoms with E-state index in [2.05, 4.69) is 5.32 Å². The Morgan fingerprint density at radius 1 is 1.12 bits per heavy atom. The monoisotopic (exact) mass is 398 g/mol. The van der Waals surface area contributed by atoms with Crippen molar-refractivity contribution in [3.63, 3.8) is 0 Å². The molecule has 0 aliphatic carbocycles. The molecule has 2 rings (SSSR count). The molecule has 0 aliphatic heterocycles. The number of amides is 2. The summed E-state index contributed by atoms with van der Waals surface area (Å²) in [6.45, 7) is 0.0483. The number of halogens is 3. The van der Waals surface area contributed by atoms with E-state index in [4.69, 9.17) is 11.6 Å². The SMILES string of the molecule is CN(Cc1c(F)cccc1Cl)C(=O)CSCC(=O)Nc1ccc(F)cc1. The maximum absolute atomic E-state index is 13.8. The van der Waals surface area contributed by atoms with Gasteiger partial charge in [0, 0.05) is 29.9 Å². The Hall–Kier alpha value is -2.12. The lowest BCUT2D eigenvalue weighted by Crippen LogP contribution is -2.29. The number of carbonyl (C=O) groups is 2. The first-order valence-electron chi connectivity index (χ1n) is 7.67. The fourth-order valence-corrected chi connectivity index (χ4v) is 3.06. The predicted molar refractivity (Wildman–Crippen MR) is 100 cm³/mol. The molecule has 0 aromatic heterocycles. The molecule has 2 amide bonds. The zero-order chi connectivity index (χ0) is 19.1. The van der Waals surface area contributed by atoms with E-state index < -0.39 is 5.82 Å². The van der Waals surface area contributed by atoms with Crippen LogP contribution in [-0.4, -0.2) is 35.3 Å². The summed E-state index contributed by atoms with van der Waals surface area (Å²) in [4.78, 5) is 25.3. The predicted octanol–water partition coefficient (Wildman–Crippen LogP) is 3.95. The Bertz CT molecular complexity index is 767. The molecular formula is C18H17ClF2N2O2S. The molecule has 0 aliphatic rings. The molecule has 4 nitrogen and oxygen atoms in total. The zero-order valence-corrected chi connectivity index (χ0v) is 15.5. The molecule has 0 radical (unpaired) electrons. The fraction of sp³-hybridized carbons (Fsp3) is 0.222. The van der Waals surface area contributed by atoms with Crippen LogP contribution in [0.1, 0.15) is 5.56 Å². The van der Waals surface area contributed by atoms with Gasteiger partial charge in [-0.3, -0.25) is 9.59 Å². The Morgan fingerprint density at radius 3 is 2.46 bits per heavy atom. The highest BCUT2D eigenvalue weighted by atomic mass is 35.5. The van der Waals surface area contributed by atoms with Crippen LogP contribution in [0.4, 0.5) is 14.5 Å². The minimum Gasteiger partial charge on any atom is -0.341 e. The first kappa shape index (κ1) is 20.2. The minimum atomic E-state index is -0.469. The number of anilines is 1. The van der Waals surface area contributed by atoms with Gasteiger partial charge in [-0.1, -0.05) is 17.7 Å². The van der Waals surface area contributed by atoms with E-state index in [-0.39, 0.29) is 46.3 Å². The van der Waals surface area contributed by atoms with E-state index in [0.29, 0.717) is 5.69 Å². The van der Waals surface area contributed by atoms with Crippen LogP contribution in [0.5, 0.6) is 0 Å². The van der Waals surface area contributed by atoms with Gasteiger partial charge < -0.3 is 10.2 Å². The number of hydrogen-bond acceptors (Lipinski definition) is 3. The van der Waals surface area contributed by atoms with Crippen LogP contribution in [0.25, 0.3) is 0 Å². The van der Waals surface area contributed by atoms with Gasteiger partial charge in [0.15, 0.2) is 0 Å². The molecule has 8 heteroatoms. The van der Waals surface area contributed by atoms with E-state index in [1.807, 2.05) is 0 Å². The van der Waals surface area contributed by atoms with Gasteiger partial charge in [-0.05, 0) is 36.4 Å². The lowest BCUT2D eigenvalue weighted by Gasteiger charge is -2.18.